The zero-order valence-corrected chi connectivity index (χ0v) is 13.3. The molecule has 1 aromatic rings. The molecule has 1 aliphatic carbocycles. The predicted molar refractivity (Wildman–Crippen MR) is 86.3 cm³/mol. The Balaban J connectivity index is 2.19. The minimum atomic E-state index is -0.220. The van der Waals surface area contributed by atoms with E-state index in [2.05, 4.69) is 5.32 Å². The fourth-order valence-electron chi connectivity index (χ4n) is 3.54. The van der Waals surface area contributed by atoms with Crippen LogP contribution < -0.4 is 5.32 Å². The molecule has 1 atom stereocenters. The molecule has 1 heterocycles. The van der Waals surface area contributed by atoms with Gasteiger partial charge < -0.3 is 5.32 Å². The highest BCUT2D eigenvalue weighted by molar-refractivity contribution is 6.05. The number of hydrogen-bond donors (Lipinski definition) is 1. The van der Waals surface area contributed by atoms with Gasteiger partial charge in [0.15, 0.2) is 11.6 Å². The van der Waals surface area contributed by atoms with Crippen molar-refractivity contribution in [3.8, 4) is 0 Å². The van der Waals surface area contributed by atoms with Crippen molar-refractivity contribution in [1.82, 2.24) is 5.32 Å². The highest BCUT2D eigenvalue weighted by atomic mass is 16.1. The molecule has 114 valence electrons. The van der Waals surface area contributed by atoms with Gasteiger partial charge in [0.25, 0.3) is 0 Å². The molecule has 3 rings (SSSR count). The first-order chi connectivity index (χ1) is 10.5. The molecule has 3 nitrogen and oxygen atoms in total. The van der Waals surface area contributed by atoms with Crippen molar-refractivity contribution < 1.29 is 9.59 Å². The van der Waals surface area contributed by atoms with Crippen molar-refractivity contribution in [1.29, 1.82) is 0 Å². The lowest BCUT2D eigenvalue weighted by Crippen LogP contribution is -2.33. The molecule has 0 saturated heterocycles. The second-order valence-electron chi connectivity index (χ2n) is 6.23. The maximum atomic E-state index is 12.5. The third-order valence-electron chi connectivity index (χ3n) is 4.57. The third kappa shape index (κ3) is 2.41. The third-order valence-corrected chi connectivity index (χ3v) is 4.57. The van der Waals surface area contributed by atoms with Crippen molar-refractivity contribution in [2.75, 3.05) is 0 Å². The molecule has 0 aromatic heterocycles. The summed E-state index contributed by atoms with van der Waals surface area (Å²) in [4.78, 5) is 24.7. The number of carbonyl (C=O) groups is 2. The van der Waals surface area contributed by atoms with Crippen molar-refractivity contribution >= 4 is 11.6 Å². The molecule has 0 fully saturated rings. The van der Waals surface area contributed by atoms with Gasteiger partial charge in [-0.05, 0) is 39.2 Å². The van der Waals surface area contributed by atoms with E-state index in [1.54, 1.807) is 6.92 Å². The molecule has 1 aliphatic heterocycles. The van der Waals surface area contributed by atoms with E-state index in [1.165, 1.54) is 5.56 Å². The number of ketones is 2. The first-order valence-electron chi connectivity index (χ1n) is 7.80. The molecule has 1 unspecified atom stereocenters. The maximum absolute atomic E-state index is 12.5. The van der Waals surface area contributed by atoms with Gasteiger partial charge >= 0.3 is 0 Å². The molecule has 2 aliphatic rings. The summed E-state index contributed by atoms with van der Waals surface area (Å²) >= 11 is 0. The van der Waals surface area contributed by atoms with Crippen molar-refractivity contribution in [2.24, 2.45) is 0 Å². The smallest absolute Gasteiger partial charge is 0.161 e. The second kappa shape index (κ2) is 5.56. The van der Waals surface area contributed by atoms with Gasteiger partial charge in [-0.25, -0.2) is 0 Å². The molecule has 1 aromatic carbocycles. The summed E-state index contributed by atoms with van der Waals surface area (Å²) in [6, 6.07) is 8.15. The van der Waals surface area contributed by atoms with E-state index in [0.717, 1.165) is 40.9 Å². The van der Waals surface area contributed by atoms with Crippen LogP contribution in [0.25, 0.3) is 0 Å². The minimum absolute atomic E-state index is 0.0282. The lowest BCUT2D eigenvalue weighted by atomic mass is 9.74. The van der Waals surface area contributed by atoms with Gasteiger partial charge in [0, 0.05) is 34.9 Å². The fraction of sp³-hybridized carbons (Fsp3) is 0.368. The van der Waals surface area contributed by atoms with Crippen LogP contribution in [0.5, 0.6) is 0 Å². The fourth-order valence-corrected chi connectivity index (χ4v) is 3.54. The van der Waals surface area contributed by atoms with E-state index < -0.39 is 0 Å². The molecule has 3 heteroatoms. The van der Waals surface area contributed by atoms with Crippen LogP contribution in [-0.2, 0) is 9.59 Å². The van der Waals surface area contributed by atoms with E-state index in [-0.39, 0.29) is 17.5 Å². The quantitative estimate of drug-likeness (QED) is 0.907. The zero-order valence-electron chi connectivity index (χ0n) is 13.3. The number of rotatable bonds is 2. The Hall–Kier alpha value is -2.16. The largest absolute Gasteiger partial charge is 0.362 e. The van der Waals surface area contributed by atoms with Crippen LogP contribution in [0.15, 0.2) is 46.8 Å². The Kier molecular flexibility index (Phi) is 3.73. The summed E-state index contributed by atoms with van der Waals surface area (Å²) in [5.41, 5.74) is 5.60. The summed E-state index contributed by atoms with van der Waals surface area (Å²) in [7, 11) is 0. The van der Waals surface area contributed by atoms with Crippen LogP contribution in [-0.4, -0.2) is 11.6 Å². The number of carbonyl (C=O) groups excluding carboxylic acids is 2. The number of aryl methyl sites for hydroxylation is 1. The highest BCUT2D eigenvalue weighted by Crippen LogP contribution is 2.42. The van der Waals surface area contributed by atoms with Crippen molar-refractivity contribution in [2.45, 2.75) is 46.0 Å². The van der Waals surface area contributed by atoms with E-state index in [4.69, 9.17) is 0 Å². The lowest BCUT2D eigenvalue weighted by Gasteiger charge is -2.34. The van der Waals surface area contributed by atoms with Gasteiger partial charge in [0.05, 0.1) is 0 Å². The first-order valence-corrected chi connectivity index (χ1v) is 7.80. The first kappa shape index (κ1) is 14.8. The van der Waals surface area contributed by atoms with E-state index in [9.17, 15) is 9.59 Å². The van der Waals surface area contributed by atoms with Gasteiger partial charge in [-0.3, -0.25) is 9.59 Å². The molecular formula is C19H21NO2. The number of dihydropyridines is 1. The second-order valence-corrected chi connectivity index (χ2v) is 6.23. The number of Topliss-reactive ketones (excluding diaryl/α,β-unsaturated/α-hetero) is 2. The van der Waals surface area contributed by atoms with Gasteiger partial charge in [0.2, 0.25) is 0 Å². The standard InChI is InChI=1S/C19H21NO2/c1-11-7-9-14(10-8-11)18-17(13(3)21)12(2)20-15-5-4-6-16(22)19(15)18/h7-10,18,20H,4-6H2,1-3H3. The molecule has 0 spiro atoms. The number of benzene rings is 1. The Labute approximate surface area is 131 Å². The summed E-state index contributed by atoms with van der Waals surface area (Å²) in [5, 5.41) is 3.31. The van der Waals surface area contributed by atoms with Gasteiger partial charge in [0.1, 0.15) is 0 Å². The normalized spacial score (nSPS) is 21.6. The molecule has 0 bridgehead atoms. The monoisotopic (exact) mass is 295 g/mol. The van der Waals surface area contributed by atoms with Crippen LogP contribution in [0.4, 0.5) is 0 Å². The van der Waals surface area contributed by atoms with Crippen LogP contribution in [0.3, 0.4) is 0 Å². The van der Waals surface area contributed by atoms with E-state index in [0.29, 0.717) is 6.42 Å². The summed E-state index contributed by atoms with van der Waals surface area (Å²) in [6.45, 7) is 5.55. The average Bonchev–Trinajstić information content (AvgIpc) is 2.46. The van der Waals surface area contributed by atoms with Crippen molar-refractivity contribution in [3.05, 3.63) is 57.9 Å². The maximum Gasteiger partial charge on any atom is 0.161 e. The van der Waals surface area contributed by atoms with E-state index >= 15 is 0 Å². The van der Waals surface area contributed by atoms with Gasteiger partial charge in [-0.1, -0.05) is 29.8 Å². The Morgan fingerprint density at radius 1 is 1.14 bits per heavy atom. The molecule has 22 heavy (non-hydrogen) atoms. The van der Waals surface area contributed by atoms with Crippen LogP contribution in [0.1, 0.15) is 50.2 Å². The number of hydrogen-bond acceptors (Lipinski definition) is 3. The molecular weight excluding hydrogens is 274 g/mol. The molecule has 0 radical (unpaired) electrons. The van der Waals surface area contributed by atoms with Crippen LogP contribution in [0, 0.1) is 6.92 Å². The zero-order chi connectivity index (χ0) is 15.9. The SMILES string of the molecule is CC(=O)C1=C(C)NC2=C(C(=O)CCC2)C1c1ccc(C)cc1. The van der Waals surface area contributed by atoms with Crippen LogP contribution >= 0.6 is 0 Å². The van der Waals surface area contributed by atoms with E-state index in [1.807, 2.05) is 38.1 Å². The Morgan fingerprint density at radius 2 is 1.82 bits per heavy atom. The number of nitrogens with one attached hydrogen (secondary N) is 1. The Bertz CT molecular complexity index is 707. The number of allylic oxidation sites excluding steroid dienone is 4. The van der Waals surface area contributed by atoms with Gasteiger partial charge in [-0.15, -0.1) is 0 Å². The summed E-state index contributed by atoms with van der Waals surface area (Å²) in [5.74, 6) is -0.0202. The topological polar surface area (TPSA) is 46.2 Å². The predicted octanol–water partition coefficient (Wildman–Crippen LogP) is 3.55. The highest BCUT2D eigenvalue weighted by Gasteiger charge is 2.36. The van der Waals surface area contributed by atoms with Gasteiger partial charge in [-0.2, -0.15) is 0 Å². The molecule has 1 N–H and O–H groups in total. The summed E-state index contributed by atoms with van der Waals surface area (Å²) < 4.78 is 0. The van der Waals surface area contributed by atoms with Crippen LogP contribution in [0.2, 0.25) is 0 Å². The average molecular weight is 295 g/mol. The lowest BCUT2D eigenvalue weighted by molar-refractivity contribution is -0.116. The minimum Gasteiger partial charge on any atom is -0.362 e. The Morgan fingerprint density at radius 3 is 2.45 bits per heavy atom. The van der Waals surface area contributed by atoms with Crippen molar-refractivity contribution in [3.63, 3.8) is 0 Å². The molecule has 0 saturated carbocycles. The summed E-state index contributed by atoms with van der Waals surface area (Å²) in [6.07, 6.45) is 2.34. The molecule has 0 amide bonds.